The fourth-order valence-electron chi connectivity index (χ4n) is 2.05. The number of nitrogens with zero attached hydrogens (tertiary/aromatic N) is 1. The number of rotatable bonds is 1. The summed E-state index contributed by atoms with van der Waals surface area (Å²) in [5, 5.41) is 1.98. The van der Waals surface area contributed by atoms with E-state index < -0.39 is 0 Å². The molecule has 2 rings (SSSR count). The first-order valence-corrected chi connectivity index (χ1v) is 7.03. The van der Waals surface area contributed by atoms with Crippen LogP contribution in [-0.2, 0) is 0 Å². The average Bonchev–Trinajstić information content (AvgIpc) is 2.70. The van der Waals surface area contributed by atoms with E-state index in [1.54, 1.807) is 11.3 Å². The van der Waals surface area contributed by atoms with Gasteiger partial charge < -0.3 is 4.90 Å². The number of halogens is 1. The minimum Gasteiger partial charge on any atom is -0.333 e. The molecule has 0 aliphatic carbocycles. The van der Waals surface area contributed by atoms with Crippen LogP contribution in [0.5, 0.6) is 0 Å². The van der Waals surface area contributed by atoms with Gasteiger partial charge in [-0.25, -0.2) is 0 Å². The second-order valence-corrected chi connectivity index (χ2v) is 6.55. The van der Waals surface area contributed by atoms with E-state index in [4.69, 9.17) is 0 Å². The Kier molecular flexibility index (Phi) is 3.07. The predicted molar refractivity (Wildman–Crippen MR) is 71.4 cm³/mol. The van der Waals surface area contributed by atoms with Crippen LogP contribution in [0.4, 0.5) is 0 Å². The lowest BCUT2D eigenvalue weighted by Crippen LogP contribution is -2.42. The van der Waals surface area contributed by atoms with Crippen LogP contribution >= 0.6 is 33.9 Å². The molecule has 4 heteroatoms. The molecular weight excluding hydrogens is 321 g/mol. The van der Waals surface area contributed by atoms with Gasteiger partial charge in [0.25, 0.3) is 5.91 Å². The molecule has 1 aliphatic rings. The fraction of sp³-hybridized carbons (Fsp3) is 0.545. The Balaban J connectivity index is 2.26. The van der Waals surface area contributed by atoms with Crippen molar-refractivity contribution in [2.24, 2.45) is 0 Å². The minimum absolute atomic E-state index is 0.0319. The van der Waals surface area contributed by atoms with Gasteiger partial charge >= 0.3 is 0 Å². The molecule has 0 bridgehead atoms. The molecule has 0 aromatic carbocycles. The van der Waals surface area contributed by atoms with Crippen molar-refractivity contribution >= 4 is 39.8 Å². The third kappa shape index (κ3) is 2.06. The number of amides is 1. The highest BCUT2D eigenvalue weighted by Gasteiger charge is 2.36. The molecule has 0 radical (unpaired) electrons. The molecule has 1 aromatic rings. The summed E-state index contributed by atoms with van der Waals surface area (Å²) >= 11 is 3.78. The van der Waals surface area contributed by atoms with E-state index in [9.17, 15) is 4.79 Å². The molecule has 1 aromatic heterocycles. The van der Waals surface area contributed by atoms with Gasteiger partial charge in [-0.2, -0.15) is 0 Å². The van der Waals surface area contributed by atoms with Crippen molar-refractivity contribution in [2.75, 3.05) is 6.54 Å². The highest BCUT2D eigenvalue weighted by Crippen LogP contribution is 2.31. The quantitative estimate of drug-likeness (QED) is 0.721. The molecule has 0 N–H and O–H groups in total. The standard InChI is InChI=1S/C11H14INOS/c1-11(2)5-3-6-13(11)10(14)9-8(12)4-7-15-9/h4,7H,3,5-6H2,1-2H3. The molecule has 0 saturated carbocycles. The number of thiophene rings is 1. The van der Waals surface area contributed by atoms with E-state index in [2.05, 4.69) is 36.4 Å². The number of likely N-dealkylation sites (tertiary alicyclic amines) is 1. The Labute approximate surface area is 108 Å². The third-order valence-corrected chi connectivity index (χ3v) is 5.12. The first-order chi connectivity index (χ1) is 7.02. The van der Waals surface area contributed by atoms with Crippen molar-refractivity contribution in [1.29, 1.82) is 0 Å². The van der Waals surface area contributed by atoms with Crippen LogP contribution in [0.25, 0.3) is 0 Å². The zero-order valence-electron chi connectivity index (χ0n) is 8.92. The molecule has 0 unspecified atom stereocenters. The molecular formula is C11H14INOS. The highest BCUT2D eigenvalue weighted by molar-refractivity contribution is 14.1. The predicted octanol–water partition coefficient (Wildman–Crippen LogP) is 3.37. The van der Waals surface area contributed by atoms with E-state index in [1.807, 2.05) is 16.3 Å². The summed E-state index contributed by atoms with van der Waals surface area (Å²) in [7, 11) is 0. The Morgan fingerprint density at radius 3 is 2.80 bits per heavy atom. The van der Waals surface area contributed by atoms with E-state index in [-0.39, 0.29) is 11.4 Å². The Morgan fingerprint density at radius 1 is 1.60 bits per heavy atom. The molecule has 2 heterocycles. The SMILES string of the molecule is CC1(C)CCCN1C(=O)c1sccc1I. The summed E-state index contributed by atoms with van der Waals surface area (Å²) in [5.41, 5.74) is 0.0319. The van der Waals surface area contributed by atoms with E-state index in [1.165, 1.54) is 0 Å². The van der Waals surface area contributed by atoms with Gasteiger partial charge in [0.05, 0.1) is 0 Å². The maximum Gasteiger partial charge on any atom is 0.265 e. The van der Waals surface area contributed by atoms with E-state index in [0.29, 0.717) is 0 Å². The zero-order chi connectivity index (χ0) is 11.1. The molecule has 1 fully saturated rings. The summed E-state index contributed by atoms with van der Waals surface area (Å²) in [4.78, 5) is 15.2. The van der Waals surface area contributed by atoms with Crippen LogP contribution in [0.1, 0.15) is 36.4 Å². The normalized spacial score (nSPS) is 19.5. The number of hydrogen-bond acceptors (Lipinski definition) is 2. The maximum absolute atomic E-state index is 12.3. The molecule has 1 aliphatic heterocycles. The molecule has 82 valence electrons. The van der Waals surface area contributed by atoms with Crippen molar-refractivity contribution in [3.63, 3.8) is 0 Å². The van der Waals surface area contributed by atoms with E-state index >= 15 is 0 Å². The van der Waals surface area contributed by atoms with Crippen LogP contribution in [0.3, 0.4) is 0 Å². The van der Waals surface area contributed by atoms with Crippen molar-refractivity contribution in [3.05, 3.63) is 19.9 Å². The van der Waals surface area contributed by atoms with Crippen molar-refractivity contribution in [2.45, 2.75) is 32.2 Å². The molecule has 0 spiro atoms. The first-order valence-electron chi connectivity index (χ1n) is 5.07. The second kappa shape index (κ2) is 4.05. The molecule has 15 heavy (non-hydrogen) atoms. The Hall–Kier alpha value is -0.100. The summed E-state index contributed by atoms with van der Waals surface area (Å²) < 4.78 is 1.07. The van der Waals surface area contributed by atoms with Crippen LogP contribution in [0, 0.1) is 3.57 Å². The van der Waals surface area contributed by atoms with Gasteiger partial charge in [0.2, 0.25) is 0 Å². The van der Waals surface area contributed by atoms with Crippen molar-refractivity contribution in [1.82, 2.24) is 4.90 Å². The molecule has 0 atom stereocenters. The minimum atomic E-state index is 0.0319. The van der Waals surface area contributed by atoms with Gasteiger partial charge in [0, 0.05) is 15.7 Å². The second-order valence-electron chi connectivity index (χ2n) is 4.47. The van der Waals surface area contributed by atoms with Crippen LogP contribution < -0.4 is 0 Å². The van der Waals surface area contributed by atoms with Gasteiger partial charge in [0.1, 0.15) is 4.88 Å². The number of carbonyl (C=O) groups is 1. The van der Waals surface area contributed by atoms with Crippen LogP contribution in [0.2, 0.25) is 0 Å². The summed E-state index contributed by atoms with van der Waals surface area (Å²) in [5.74, 6) is 0.205. The van der Waals surface area contributed by atoms with Gasteiger partial charge in [-0.15, -0.1) is 11.3 Å². The average molecular weight is 335 g/mol. The van der Waals surface area contributed by atoms with Crippen LogP contribution in [0.15, 0.2) is 11.4 Å². The van der Waals surface area contributed by atoms with Gasteiger partial charge in [0.15, 0.2) is 0 Å². The van der Waals surface area contributed by atoms with Crippen LogP contribution in [-0.4, -0.2) is 22.9 Å². The lowest BCUT2D eigenvalue weighted by Gasteiger charge is -2.31. The maximum atomic E-state index is 12.3. The Bertz CT molecular complexity index is 386. The zero-order valence-corrected chi connectivity index (χ0v) is 11.9. The number of hydrogen-bond donors (Lipinski definition) is 0. The fourth-order valence-corrected chi connectivity index (χ4v) is 3.82. The molecule has 1 saturated heterocycles. The van der Waals surface area contributed by atoms with Crippen molar-refractivity contribution in [3.8, 4) is 0 Å². The topological polar surface area (TPSA) is 20.3 Å². The third-order valence-electron chi connectivity index (χ3n) is 2.96. The highest BCUT2D eigenvalue weighted by atomic mass is 127. The van der Waals surface area contributed by atoms with Gasteiger partial charge in [-0.05, 0) is 60.7 Å². The summed E-state index contributed by atoms with van der Waals surface area (Å²) in [6.07, 6.45) is 2.24. The summed E-state index contributed by atoms with van der Waals surface area (Å²) in [6, 6.07) is 2.00. The van der Waals surface area contributed by atoms with Gasteiger partial charge in [-0.3, -0.25) is 4.79 Å². The first kappa shape index (κ1) is 11.4. The Morgan fingerprint density at radius 2 is 2.33 bits per heavy atom. The summed E-state index contributed by atoms with van der Waals surface area (Å²) in [6.45, 7) is 5.20. The molecule has 2 nitrogen and oxygen atoms in total. The smallest absolute Gasteiger partial charge is 0.265 e. The lowest BCUT2D eigenvalue weighted by molar-refractivity contribution is 0.0656. The monoisotopic (exact) mass is 335 g/mol. The largest absolute Gasteiger partial charge is 0.333 e. The molecule has 1 amide bonds. The van der Waals surface area contributed by atoms with Crippen molar-refractivity contribution < 1.29 is 4.79 Å². The van der Waals surface area contributed by atoms with Gasteiger partial charge in [-0.1, -0.05) is 0 Å². The lowest BCUT2D eigenvalue weighted by atomic mass is 10.0. The number of carbonyl (C=O) groups excluding carboxylic acids is 1. The van der Waals surface area contributed by atoms with E-state index in [0.717, 1.165) is 27.8 Å².